The van der Waals surface area contributed by atoms with Crippen molar-refractivity contribution in [3.05, 3.63) is 42.2 Å². The van der Waals surface area contributed by atoms with Crippen molar-refractivity contribution < 1.29 is 63.9 Å². The number of methoxy groups -OCH3 is 1. The summed E-state index contributed by atoms with van der Waals surface area (Å²) < 4.78 is 33.3. The molecule has 1 aromatic rings. The van der Waals surface area contributed by atoms with Crippen LogP contribution in [-0.2, 0) is 28.5 Å². The molecule has 3 aliphatic heterocycles. The highest BCUT2D eigenvalue weighted by molar-refractivity contribution is 5.87. The lowest BCUT2D eigenvalue weighted by Gasteiger charge is -2.43. The number of fused-ring (bicyclic) bond motifs is 3. The first-order valence-electron chi connectivity index (χ1n) is 12.1. The Morgan fingerprint density at radius 2 is 1.92 bits per heavy atom. The Labute approximate surface area is 217 Å². The van der Waals surface area contributed by atoms with Crippen molar-refractivity contribution in [3.63, 3.8) is 0 Å². The average Bonchev–Trinajstić information content (AvgIpc) is 3.59. The van der Waals surface area contributed by atoms with E-state index in [4.69, 9.17) is 28.4 Å². The van der Waals surface area contributed by atoms with Gasteiger partial charge in [-0.05, 0) is 29.8 Å². The van der Waals surface area contributed by atoms with Crippen molar-refractivity contribution in [1.82, 2.24) is 0 Å². The molecule has 4 aliphatic rings. The molecule has 0 radical (unpaired) electrons. The molecule has 1 saturated carbocycles. The van der Waals surface area contributed by atoms with Crippen LogP contribution in [0, 0.1) is 11.8 Å². The fraction of sp³-hybridized carbons (Fsp3) is 0.560. The Morgan fingerprint density at radius 1 is 1.13 bits per heavy atom. The van der Waals surface area contributed by atoms with Crippen LogP contribution in [-0.4, -0.2) is 112 Å². The van der Waals surface area contributed by atoms with E-state index >= 15 is 0 Å². The lowest BCUT2D eigenvalue weighted by atomic mass is 9.85. The van der Waals surface area contributed by atoms with Crippen molar-refractivity contribution in [2.75, 3.05) is 20.3 Å². The van der Waals surface area contributed by atoms with Crippen LogP contribution in [0.5, 0.6) is 11.5 Å². The molecule has 0 amide bonds. The molecule has 1 aliphatic carbocycles. The van der Waals surface area contributed by atoms with E-state index in [-0.39, 0.29) is 5.75 Å². The van der Waals surface area contributed by atoms with Gasteiger partial charge in [0.15, 0.2) is 17.8 Å². The van der Waals surface area contributed by atoms with E-state index < -0.39 is 85.8 Å². The summed E-state index contributed by atoms with van der Waals surface area (Å²) in [6.07, 6.45) is -4.45. The molecule has 0 unspecified atom stereocenters. The third-order valence-corrected chi connectivity index (χ3v) is 7.46. The number of aliphatic hydroxyl groups is 5. The van der Waals surface area contributed by atoms with E-state index in [1.807, 2.05) is 0 Å². The highest BCUT2D eigenvalue weighted by Crippen LogP contribution is 2.60. The van der Waals surface area contributed by atoms with E-state index in [9.17, 15) is 35.4 Å². The Bertz CT molecular complexity index is 1090. The van der Waals surface area contributed by atoms with Crippen molar-refractivity contribution in [1.29, 1.82) is 0 Å². The number of aliphatic hydroxyl groups excluding tert-OH is 5. The Balaban J connectivity index is 1.29. The monoisotopic (exact) mass is 538 g/mol. The number of epoxide rings is 1. The van der Waals surface area contributed by atoms with E-state index in [1.54, 1.807) is 18.2 Å². The minimum atomic E-state index is -1.65. The number of carbonyl (C=O) groups excluding carboxylic acids is 1. The Kier molecular flexibility index (Phi) is 7.37. The molecule has 0 spiro atoms. The number of rotatable bonds is 8. The molecular weight excluding hydrogens is 508 g/mol. The summed E-state index contributed by atoms with van der Waals surface area (Å²) in [5.41, 5.74) is -0.610. The molecule has 13 nitrogen and oxygen atoms in total. The van der Waals surface area contributed by atoms with Crippen molar-refractivity contribution in [3.8, 4) is 11.5 Å². The topological polar surface area (TPSA) is 197 Å². The molecule has 0 aromatic heterocycles. The maximum atomic E-state index is 12.7. The van der Waals surface area contributed by atoms with Crippen LogP contribution < -0.4 is 4.74 Å². The molecule has 38 heavy (non-hydrogen) atoms. The molecule has 1 aromatic carbocycles. The van der Waals surface area contributed by atoms with E-state index in [0.717, 1.165) is 0 Å². The second-order valence-electron chi connectivity index (χ2n) is 9.59. The van der Waals surface area contributed by atoms with Gasteiger partial charge >= 0.3 is 5.97 Å². The van der Waals surface area contributed by atoms with Gasteiger partial charge in [-0.15, -0.1) is 0 Å². The fourth-order valence-corrected chi connectivity index (χ4v) is 5.44. The van der Waals surface area contributed by atoms with Gasteiger partial charge < -0.3 is 59.1 Å². The fourth-order valence-electron chi connectivity index (χ4n) is 5.44. The zero-order chi connectivity index (χ0) is 27.2. The molecule has 208 valence electrons. The average molecular weight is 539 g/mol. The first kappa shape index (κ1) is 26.8. The summed E-state index contributed by atoms with van der Waals surface area (Å²) in [7, 11) is 1.42. The molecule has 5 rings (SSSR count). The van der Waals surface area contributed by atoms with Crippen LogP contribution in [0.15, 0.2) is 36.6 Å². The number of carbonyl (C=O) groups is 1. The summed E-state index contributed by atoms with van der Waals surface area (Å²) in [5, 5.41) is 60.0. The predicted molar refractivity (Wildman–Crippen MR) is 124 cm³/mol. The van der Waals surface area contributed by atoms with E-state index in [2.05, 4.69) is 0 Å². The van der Waals surface area contributed by atoms with Crippen molar-refractivity contribution in [2.45, 2.75) is 54.8 Å². The number of ether oxygens (including phenoxy) is 6. The molecule has 3 heterocycles. The molecule has 13 heteroatoms. The number of hydrogen-bond donors (Lipinski definition) is 6. The number of benzene rings is 1. The molecule has 11 atom stereocenters. The molecule has 6 N–H and O–H groups in total. The van der Waals surface area contributed by atoms with Gasteiger partial charge in [-0.3, -0.25) is 0 Å². The molecule has 0 bridgehead atoms. The van der Waals surface area contributed by atoms with Gasteiger partial charge in [-0.25, -0.2) is 4.79 Å². The summed E-state index contributed by atoms with van der Waals surface area (Å²) >= 11 is 0. The first-order chi connectivity index (χ1) is 18.2. The van der Waals surface area contributed by atoms with Crippen LogP contribution in [0.25, 0.3) is 6.08 Å². The number of phenolic OH excluding ortho intramolecular Hbond substituents is 1. The normalized spacial score (nSPS) is 41.3. The van der Waals surface area contributed by atoms with Crippen LogP contribution in [0.2, 0.25) is 0 Å². The second-order valence-corrected chi connectivity index (χ2v) is 9.59. The van der Waals surface area contributed by atoms with Gasteiger partial charge in [-0.2, -0.15) is 0 Å². The van der Waals surface area contributed by atoms with Gasteiger partial charge in [-0.1, -0.05) is 6.07 Å². The smallest absolute Gasteiger partial charge is 0.331 e. The molecular formula is C25H30O13. The number of aromatic hydroxyl groups is 1. The highest BCUT2D eigenvalue weighted by Gasteiger charge is 2.77. The predicted octanol–water partition coefficient (Wildman–Crippen LogP) is -1.61. The van der Waals surface area contributed by atoms with Crippen molar-refractivity contribution in [2.24, 2.45) is 11.8 Å². The zero-order valence-corrected chi connectivity index (χ0v) is 20.3. The van der Waals surface area contributed by atoms with E-state index in [0.29, 0.717) is 11.3 Å². The minimum Gasteiger partial charge on any atom is -0.504 e. The van der Waals surface area contributed by atoms with Crippen LogP contribution in [0.4, 0.5) is 0 Å². The lowest BCUT2D eigenvalue weighted by Crippen LogP contribution is -2.60. The summed E-state index contributed by atoms with van der Waals surface area (Å²) in [4.78, 5) is 12.7. The van der Waals surface area contributed by atoms with Gasteiger partial charge in [0.1, 0.15) is 42.2 Å². The van der Waals surface area contributed by atoms with E-state index in [1.165, 1.54) is 31.6 Å². The molecule has 2 saturated heterocycles. The highest BCUT2D eigenvalue weighted by atomic mass is 16.8. The summed E-state index contributed by atoms with van der Waals surface area (Å²) in [6.45, 7) is -1.06. The Morgan fingerprint density at radius 3 is 2.61 bits per heavy atom. The second kappa shape index (κ2) is 10.4. The maximum absolute atomic E-state index is 12.7. The van der Waals surface area contributed by atoms with Gasteiger partial charge in [0.25, 0.3) is 0 Å². The summed E-state index contributed by atoms with van der Waals surface area (Å²) in [6, 6.07) is 4.63. The number of hydrogen-bond acceptors (Lipinski definition) is 13. The Hall–Kier alpha value is -2.75. The number of esters is 1. The largest absolute Gasteiger partial charge is 0.504 e. The van der Waals surface area contributed by atoms with Gasteiger partial charge in [0.05, 0.1) is 32.5 Å². The van der Waals surface area contributed by atoms with Crippen molar-refractivity contribution >= 4 is 12.0 Å². The van der Waals surface area contributed by atoms with Gasteiger partial charge in [0.2, 0.25) is 6.29 Å². The van der Waals surface area contributed by atoms with Crippen LogP contribution in [0.3, 0.4) is 0 Å². The zero-order valence-electron chi connectivity index (χ0n) is 20.3. The standard InChI is InChI=1S/C25H30O13/c1-33-14-4-2-11(8-13(14)28)3-5-16(29)36-21-12-6-7-34-23(17(12)25(10-27)22(21)38-25)37-24-20(32)19(31)18(30)15(9-26)35-24/h2-8,12,15,17-24,26-28,30-32H,9-10H2,1H3/b5-3-/t12-,15-,17-,18-,19+,20-,21-,22+,23-,24+,25-/m1/s1. The van der Waals surface area contributed by atoms with Crippen LogP contribution in [0.1, 0.15) is 5.56 Å². The third-order valence-electron chi connectivity index (χ3n) is 7.46. The molecule has 3 fully saturated rings. The maximum Gasteiger partial charge on any atom is 0.331 e. The quantitative estimate of drug-likeness (QED) is 0.126. The first-order valence-corrected chi connectivity index (χ1v) is 12.1. The third kappa shape index (κ3) is 4.54. The number of phenols is 1. The summed E-state index contributed by atoms with van der Waals surface area (Å²) in [5.74, 6) is -1.65. The van der Waals surface area contributed by atoms with Crippen LogP contribution >= 0.6 is 0 Å². The SMILES string of the molecule is COc1ccc(/C=C\C(=O)O[C@@H]2[C@@H]3C=CO[C@H](O[C@@H]4O[C@H](CO)[C@@H](O)[C@H](O)[C@H]4O)[C@@H]3[C@@]3(CO)O[C@@H]23)cc1O. The van der Waals surface area contributed by atoms with Gasteiger partial charge in [0, 0.05) is 12.0 Å². The lowest BCUT2D eigenvalue weighted by molar-refractivity contribution is -0.344. The minimum absolute atomic E-state index is 0.0847.